The topological polar surface area (TPSA) is 36.7 Å². The van der Waals surface area contributed by atoms with E-state index in [1.165, 1.54) is 0 Å². The lowest BCUT2D eigenvalue weighted by Crippen LogP contribution is -2.47. The van der Waals surface area contributed by atoms with Crippen LogP contribution in [0.2, 0.25) is 5.02 Å². The lowest BCUT2D eigenvalue weighted by molar-refractivity contribution is 0.273. The normalized spacial score (nSPS) is 15.8. The highest BCUT2D eigenvalue weighted by molar-refractivity contribution is 7.99. The van der Waals surface area contributed by atoms with Crippen molar-refractivity contribution < 1.29 is 0 Å². The lowest BCUT2D eigenvalue weighted by Gasteiger charge is -2.36. The summed E-state index contributed by atoms with van der Waals surface area (Å²) in [7, 11) is 0. The predicted octanol–water partition coefficient (Wildman–Crippen LogP) is 3.30. The van der Waals surface area contributed by atoms with Gasteiger partial charge in [-0.05, 0) is 24.3 Å². The molecule has 0 N–H and O–H groups in total. The summed E-state index contributed by atoms with van der Waals surface area (Å²) in [4.78, 5) is 4.88. The number of benzene rings is 1. The molecule has 1 aliphatic rings. The van der Waals surface area contributed by atoms with E-state index in [1.807, 2.05) is 47.0 Å². The number of pyridine rings is 1. The third-order valence-corrected chi connectivity index (χ3v) is 5.73. The number of piperazine rings is 1. The van der Waals surface area contributed by atoms with Crippen molar-refractivity contribution in [2.45, 2.75) is 5.16 Å². The molecule has 0 bridgehead atoms. The third kappa shape index (κ3) is 3.76. The summed E-state index contributed by atoms with van der Waals surface area (Å²) >= 11 is 8.07. The summed E-state index contributed by atoms with van der Waals surface area (Å²) in [6.45, 7) is 5.21. The van der Waals surface area contributed by atoms with E-state index >= 15 is 0 Å². The summed E-state index contributed by atoms with van der Waals surface area (Å²) in [5.74, 6) is 1.02. The van der Waals surface area contributed by atoms with Gasteiger partial charge in [0, 0.05) is 44.7 Å². The molecule has 3 aromatic rings. The van der Waals surface area contributed by atoms with E-state index in [0.29, 0.717) is 0 Å². The van der Waals surface area contributed by atoms with Gasteiger partial charge in [-0.2, -0.15) is 0 Å². The van der Waals surface area contributed by atoms with E-state index in [-0.39, 0.29) is 0 Å². The Morgan fingerprint density at radius 3 is 2.60 bits per heavy atom. The molecule has 0 atom stereocenters. The first-order valence-electron chi connectivity index (χ1n) is 8.46. The van der Waals surface area contributed by atoms with Crippen molar-refractivity contribution in [2.75, 3.05) is 43.4 Å². The molecule has 5 nitrogen and oxygen atoms in total. The van der Waals surface area contributed by atoms with Gasteiger partial charge in [-0.15, -0.1) is 10.2 Å². The molecule has 0 radical (unpaired) electrons. The number of nitrogens with zero attached hydrogens (tertiary/aromatic N) is 5. The average Bonchev–Trinajstić information content (AvgIpc) is 3.06. The molecule has 1 fully saturated rings. The van der Waals surface area contributed by atoms with E-state index in [1.54, 1.807) is 11.8 Å². The van der Waals surface area contributed by atoms with Gasteiger partial charge in [-0.1, -0.05) is 41.6 Å². The van der Waals surface area contributed by atoms with Crippen LogP contribution in [0.15, 0.2) is 53.8 Å². The second-order valence-electron chi connectivity index (χ2n) is 6.04. The Morgan fingerprint density at radius 2 is 1.76 bits per heavy atom. The number of rotatable bonds is 5. The van der Waals surface area contributed by atoms with Crippen LogP contribution in [0.25, 0.3) is 5.65 Å². The van der Waals surface area contributed by atoms with Crippen LogP contribution in [0.5, 0.6) is 0 Å². The Kier molecular flexibility index (Phi) is 5.10. The van der Waals surface area contributed by atoms with Gasteiger partial charge < -0.3 is 4.90 Å². The maximum Gasteiger partial charge on any atom is 0.195 e. The maximum absolute atomic E-state index is 6.31. The highest BCUT2D eigenvalue weighted by Crippen LogP contribution is 2.26. The number of hydrogen-bond acceptors (Lipinski definition) is 5. The van der Waals surface area contributed by atoms with Crippen molar-refractivity contribution in [1.82, 2.24) is 19.5 Å². The van der Waals surface area contributed by atoms with Gasteiger partial charge in [-0.3, -0.25) is 9.30 Å². The summed E-state index contributed by atoms with van der Waals surface area (Å²) in [5, 5.41) is 10.3. The average molecular weight is 374 g/mol. The Balaban J connectivity index is 1.27. The minimum absolute atomic E-state index is 0.838. The highest BCUT2D eigenvalue weighted by atomic mass is 35.5. The molecule has 1 aliphatic heterocycles. The van der Waals surface area contributed by atoms with E-state index in [2.05, 4.69) is 26.1 Å². The third-order valence-electron chi connectivity index (χ3n) is 4.49. The zero-order valence-corrected chi connectivity index (χ0v) is 15.5. The van der Waals surface area contributed by atoms with Crippen LogP contribution in [0.1, 0.15) is 0 Å². The molecule has 1 saturated heterocycles. The van der Waals surface area contributed by atoms with Gasteiger partial charge in [0.25, 0.3) is 0 Å². The fourth-order valence-electron chi connectivity index (χ4n) is 3.10. The van der Waals surface area contributed by atoms with Crippen molar-refractivity contribution in [3.8, 4) is 0 Å². The molecular formula is C18H20ClN5S. The van der Waals surface area contributed by atoms with E-state index in [9.17, 15) is 0 Å². The van der Waals surface area contributed by atoms with Crippen LogP contribution < -0.4 is 4.90 Å². The van der Waals surface area contributed by atoms with Crippen molar-refractivity contribution in [3.63, 3.8) is 0 Å². The summed E-state index contributed by atoms with van der Waals surface area (Å²) in [5.41, 5.74) is 2.05. The summed E-state index contributed by atoms with van der Waals surface area (Å²) in [6, 6.07) is 14.1. The largest absolute Gasteiger partial charge is 0.368 e. The molecule has 0 spiro atoms. The van der Waals surface area contributed by atoms with Gasteiger partial charge >= 0.3 is 0 Å². The van der Waals surface area contributed by atoms with E-state index in [0.717, 1.165) is 60.0 Å². The number of fused-ring (bicyclic) bond motifs is 1. The van der Waals surface area contributed by atoms with Crippen LogP contribution in [0.4, 0.5) is 5.69 Å². The molecule has 1 aromatic carbocycles. The van der Waals surface area contributed by atoms with Gasteiger partial charge in [0.05, 0.1) is 10.7 Å². The predicted molar refractivity (Wildman–Crippen MR) is 104 cm³/mol. The van der Waals surface area contributed by atoms with Crippen LogP contribution >= 0.6 is 23.4 Å². The van der Waals surface area contributed by atoms with Gasteiger partial charge in [-0.25, -0.2) is 0 Å². The molecule has 0 aliphatic carbocycles. The highest BCUT2D eigenvalue weighted by Gasteiger charge is 2.18. The van der Waals surface area contributed by atoms with Crippen molar-refractivity contribution in [3.05, 3.63) is 53.7 Å². The number of hydrogen-bond donors (Lipinski definition) is 0. The quantitative estimate of drug-likeness (QED) is 0.641. The second kappa shape index (κ2) is 7.64. The molecule has 25 heavy (non-hydrogen) atoms. The Hall–Kier alpha value is -1.76. The zero-order chi connectivity index (χ0) is 17.1. The molecule has 0 saturated carbocycles. The van der Waals surface area contributed by atoms with Gasteiger partial charge in [0.2, 0.25) is 0 Å². The number of para-hydroxylation sites is 1. The SMILES string of the molecule is Clc1ccccc1N1CCN(CCSc2nnc3ccccn23)CC1. The first kappa shape index (κ1) is 16.7. The fourth-order valence-corrected chi connectivity index (χ4v) is 4.28. The molecule has 3 heterocycles. The summed E-state index contributed by atoms with van der Waals surface area (Å²) < 4.78 is 2.04. The Labute approximate surface area is 156 Å². The smallest absolute Gasteiger partial charge is 0.195 e. The van der Waals surface area contributed by atoms with Crippen molar-refractivity contribution >= 4 is 34.7 Å². The van der Waals surface area contributed by atoms with Crippen molar-refractivity contribution in [2.24, 2.45) is 0 Å². The van der Waals surface area contributed by atoms with E-state index < -0.39 is 0 Å². The minimum Gasteiger partial charge on any atom is -0.368 e. The summed E-state index contributed by atoms with van der Waals surface area (Å²) in [6.07, 6.45) is 2.01. The van der Waals surface area contributed by atoms with Gasteiger partial charge in [0.1, 0.15) is 0 Å². The molecule has 4 rings (SSSR count). The molecule has 0 amide bonds. The number of anilines is 1. The molecule has 7 heteroatoms. The minimum atomic E-state index is 0.838. The van der Waals surface area contributed by atoms with Crippen LogP contribution in [-0.2, 0) is 0 Å². The second-order valence-corrected chi connectivity index (χ2v) is 7.51. The van der Waals surface area contributed by atoms with Crippen LogP contribution in [-0.4, -0.2) is 58.0 Å². The number of thioether (sulfide) groups is 1. The molecule has 2 aromatic heterocycles. The Morgan fingerprint density at radius 1 is 0.960 bits per heavy atom. The van der Waals surface area contributed by atoms with E-state index in [4.69, 9.17) is 11.6 Å². The Bertz CT molecular complexity index is 844. The zero-order valence-electron chi connectivity index (χ0n) is 13.9. The first-order valence-corrected chi connectivity index (χ1v) is 9.82. The maximum atomic E-state index is 6.31. The lowest BCUT2D eigenvalue weighted by atomic mass is 10.2. The molecule has 130 valence electrons. The standard InChI is InChI=1S/C18H20ClN5S/c19-15-5-1-2-6-16(15)23-11-9-22(10-12-23)13-14-25-18-21-20-17-7-3-4-8-24(17)18/h1-8H,9-14H2. The van der Waals surface area contributed by atoms with Crippen LogP contribution in [0, 0.1) is 0 Å². The molecular weight excluding hydrogens is 354 g/mol. The first-order chi connectivity index (χ1) is 12.3. The number of halogens is 1. The fraction of sp³-hybridized carbons (Fsp3) is 0.333. The number of aromatic nitrogens is 3. The van der Waals surface area contributed by atoms with Gasteiger partial charge in [0.15, 0.2) is 10.8 Å². The monoisotopic (exact) mass is 373 g/mol. The molecule has 0 unspecified atom stereocenters. The van der Waals surface area contributed by atoms with Crippen LogP contribution in [0.3, 0.4) is 0 Å². The van der Waals surface area contributed by atoms with Crippen molar-refractivity contribution in [1.29, 1.82) is 0 Å².